The second-order valence-electron chi connectivity index (χ2n) is 7.04. The van der Waals surface area contributed by atoms with E-state index in [1.807, 2.05) is 25.1 Å². The van der Waals surface area contributed by atoms with Crippen LogP contribution in [0.25, 0.3) is 11.3 Å². The lowest BCUT2D eigenvalue weighted by atomic mass is 10.1. The summed E-state index contributed by atoms with van der Waals surface area (Å²) in [4.78, 5) is 12.1. The number of fused-ring (bicyclic) bond motifs is 1. The Morgan fingerprint density at radius 3 is 2.86 bits per heavy atom. The number of benzene rings is 2. The van der Waals surface area contributed by atoms with E-state index in [0.29, 0.717) is 24.4 Å². The van der Waals surface area contributed by atoms with E-state index in [9.17, 15) is 9.18 Å². The summed E-state index contributed by atoms with van der Waals surface area (Å²) >= 11 is 0. The van der Waals surface area contributed by atoms with Gasteiger partial charge in [-0.2, -0.15) is 0 Å². The van der Waals surface area contributed by atoms with E-state index in [0.717, 1.165) is 28.9 Å². The predicted octanol–water partition coefficient (Wildman–Crippen LogP) is 3.71. The van der Waals surface area contributed by atoms with E-state index in [1.165, 1.54) is 12.1 Å². The van der Waals surface area contributed by atoms with Crippen molar-refractivity contribution in [3.63, 3.8) is 0 Å². The van der Waals surface area contributed by atoms with Gasteiger partial charge >= 0.3 is 0 Å². The second kappa shape index (κ2) is 7.84. The summed E-state index contributed by atoms with van der Waals surface area (Å²) in [5, 5.41) is 6.86. The van der Waals surface area contributed by atoms with E-state index in [-0.39, 0.29) is 24.2 Å². The minimum Gasteiger partial charge on any atom is -0.490 e. The molecule has 1 atom stereocenters. The number of nitrogens with zero attached hydrogens (tertiary/aromatic N) is 1. The van der Waals surface area contributed by atoms with Crippen molar-refractivity contribution in [2.24, 2.45) is 0 Å². The number of hydrogen-bond donors (Lipinski definition) is 1. The Labute approximate surface area is 162 Å². The van der Waals surface area contributed by atoms with Crippen molar-refractivity contribution in [3.8, 4) is 17.1 Å². The van der Waals surface area contributed by atoms with Crippen LogP contribution < -0.4 is 10.1 Å². The first-order chi connectivity index (χ1) is 13.6. The number of rotatable bonds is 6. The van der Waals surface area contributed by atoms with E-state index < -0.39 is 0 Å². The zero-order chi connectivity index (χ0) is 19.5. The normalized spacial score (nSPS) is 15.1. The maximum Gasteiger partial charge on any atom is 0.226 e. The van der Waals surface area contributed by atoms with Crippen molar-refractivity contribution in [3.05, 3.63) is 71.2 Å². The third kappa shape index (κ3) is 4.22. The van der Waals surface area contributed by atoms with Crippen LogP contribution in [0.5, 0.6) is 5.75 Å². The number of carbonyl (C=O) groups excluding carboxylic acids is 1. The number of carbonyl (C=O) groups is 1. The van der Waals surface area contributed by atoms with Gasteiger partial charge < -0.3 is 14.6 Å². The molecule has 0 radical (unpaired) electrons. The van der Waals surface area contributed by atoms with Crippen molar-refractivity contribution in [1.82, 2.24) is 10.5 Å². The zero-order valence-electron chi connectivity index (χ0n) is 15.6. The first-order valence-electron chi connectivity index (χ1n) is 9.33. The molecule has 1 amide bonds. The van der Waals surface area contributed by atoms with Gasteiger partial charge in [0.05, 0.1) is 12.1 Å². The molecule has 144 valence electrons. The third-order valence-corrected chi connectivity index (χ3v) is 4.73. The average Bonchev–Trinajstić information content (AvgIpc) is 3.28. The van der Waals surface area contributed by atoms with Gasteiger partial charge in [-0.1, -0.05) is 17.3 Å². The van der Waals surface area contributed by atoms with E-state index in [1.54, 1.807) is 18.2 Å². The molecule has 1 aliphatic rings. The Morgan fingerprint density at radius 2 is 2.04 bits per heavy atom. The summed E-state index contributed by atoms with van der Waals surface area (Å²) in [5.74, 6) is 1.16. The van der Waals surface area contributed by atoms with Crippen molar-refractivity contribution in [2.75, 3.05) is 6.54 Å². The average molecular weight is 380 g/mol. The first kappa shape index (κ1) is 18.2. The highest BCUT2D eigenvalue weighted by Gasteiger charge is 2.20. The van der Waals surface area contributed by atoms with Crippen molar-refractivity contribution >= 4 is 5.91 Å². The molecule has 0 aliphatic carbocycles. The fourth-order valence-corrected chi connectivity index (χ4v) is 3.33. The van der Waals surface area contributed by atoms with E-state index in [4.69, 9.17) is 9.26 Å². The highest BCUT2D eigenvalue weighted by molar-refractivity contribution is 5.78. The van der Waals surface area contributed by atoms with Crippen LogP contribution in [0.3, 0.4) is 0 Å². The SMILES string of the molecule is CC1Cc2cc(-c3cc(CC(=O)NCCc4ccc(F)cc4)no3)ccc2O1. The Bertz CT molecular complexity index is 982. The van der Waals surface area contributed by atoms with Gasteiger partial charge in [-0.3, -0.25) is 4.79 Å². The number of hydrogen-bond acceptors (Lipinski definition) is 4. The molecule has 3 aromatic rings. The lowest BCUT2D eigenvalue weighted by molar-refractivity contribution is -0.120. The maximum atomic E-state index is 12.9. The van der Waals surface area contributed by atoms with Crippen LogP contribution in [0.1, 0.15) is 23.7 Å². The number of ether oxygens (including phenoxy) is 1. The molecule has 2 aromatic carbocycles. The molecule has 1 unspecified atom stereocenters. The molecule has 28 heavy (non-hydrogen) atoms. The van der Waals surface area contributed by atoms with Gasteiger partial charge in [0.15, 0.2) is 5.76 Å². The van der Waals surface area contributed by atoms with Crippen molar-refractivity contribution in [2.45, 2.75) is 32.3 Å². The molecule has 0 saturated carbocycles. The summed E-state index contributed by atoms with van der Waals surface area (Å²) in [6, 6.07) is 14.0. The Balaban J connectivity index is 1.31. The predicted molar refractivity (Wildman–Crippen MR) is 103 cm³/mol. The van der Waals surface area contributed by atoms with E-state index in [2.05, 4.69) is 10.5 Å². The molecule has 4 rings (SSSR count). The summed E-state index contributed by atoms with van der Waals surface area (Å²) < 4.78 is 24.0. The summed E-state index contributed by atoms with van der Waals surface area (Å²) in [7, 11) is 0. The molecule has 0 spiro atoms. The fourth-order valence-electron chi connectivity index (χ4n) is 3.33. The molecule has 2 heterocycles. The largest absolute Gasteiger partial charge is 0.490 e. The van der Waals surface area contributed by atoms with Crippen molar-refractivity contribution in [1.29, 1.82) is 0 Å². The third-order valence-electron chi connectivity index (χ3n) is 4.73. The smallest absolute Gasteiger partial charge is 0.226 e. The highest BCUT2D eigenvalue weighted by Crippen LogP contribution is 2.33. The Morgan fingerprint density at radius 1 is 1.21 bits per heavy atom. The van der Waals surface area contributed by atoms with E-state index >= 15 is 0 Å². The van der Waals surface area contributed by atoms with Gasteiger partial charge in [-0.05, 0) is 54.8 Å². The van der Waals surface area contributed by atoms with Crippen LogP contribution in [0.2, 0.25) is 0 Å². The fraction of sp³-hybridized carbons (Fsp3) is 0.273. The monoisotopic (exact) mass is 380 g/mol. The van der Waals surface area contributed by atoms with Gasteiger partial charge in [-0.25, -0.2) is 4.39 Å². The standard InChI is InChI=1S/C22H21FN2O3/c1-14-10-17-11-16(4-7-20(17)27-14)21-12-19(25-28-21)13-22(26)24-9-8-15-2-5-18(23)6-3-15/h2-7,11-12,14H,8-10,13H2,1H3,(H,24,26). The van der Waals surface area contributed by atoms with Crippen LogP contribution in [0.4, 0.5) is 4.39 Å². The molecule has 1 N–H and O–H groups in total. The van der Waals surface area contributed by atoms with Gasteiger partial charge in [-0.15, -0.1) is 0 Å². The molecular formula is C22H21FN2O3. The van der Waals surface area contributed by atoms with Gasteiger partial charge in [0.2, 0.25) is 5.91 Å². The highest BCUT2D eigenvalue weighted by atomic mass is 19.1. The van der Waals surface area contributed by atoms with Crippen molar-refractivity contribution < 1.29 is 18.4 Å². The molecule has 0 bridgehead atoms. The number of aromatic nitrogens is 1. The van der Waals surface area contributed by atoms with Crippen LogP contribution in [0.15, 0.2) is 53.1 Å². The molecule has 1 aromatic heterocycles. The second-order valence-corrected chi connectivity index (χ2v) is 7.04. The summed E-state index contributed by atoms with van der Waals surface area (Å²) in [5.41, 5.74) is 3.63. The lowest BCUT2D eigenvalue weighted by Gasteiger charge is -2.04. The zero-order valence-corrected chi connectivity index (χ0v) is 15.6. The first-order valence-corrected chi connectivity index (χ1v) is 9.33. The molecule has 0 fully saturated rings. The van der Waals surface area contributed by atoms with Gasteiger partial charge in [0, 0.05) is 24.6 Å². The van der Waals surface area contributed by atoms with Gasteiger partial charge in [0.25, 0.3) is 0 Å². The quantitative estimate of drug-likeness (QED) is 0.708. The minimum atomic E-state index is -0.264. The number of nitrogens with one attached hydrogen (secondary N) is 1. The molecule has 5 nitrogen and oxygen atoms in total. The van der Waals surface area contributed by atoms with Crippen LogP contribution in [0, 0.1) is 5.82 Å². The van der Waals surface area contributed by atoms with Crippen LogP contribution >= 0.6 is 0 Å². The number of halogens is 1. The van der Waals surface area contributed by atoms with Gasteiger partial charge in [0.1, 0.15) is 17.7 Å². The van der Waals surface area contributed by atoms with Crippen LogP contribution in [-0.4, -0.2) is 23.7 Å². The maximum absolute atomic E-state index is 12.9. The lowest BCUT2D eigenvalue weighted by Crippen LogP contribution is -2.27. The Kier molecular flexibility index (Phi) is 5.10. The molecule has 1 aliphatic heterocycles. The van der Waals surface area contributed by atoms with Crippen LogP contribution in [-0.2, 0) is 24.1 Å². The Hall–Kier alpha value is -3.15. The number of amides is 1. The molecule has 6 heteroatoms. The molecular weight excluding hydrogens is 359 g/mol. The summed E-state index contributed by atoms with van der Waals surface area (Å²) in [6.07, 6.45) is 1.86. The minimum absolute atomic E-state index is 0.127. The topological polar surface area (TPSA) is 64.4 Å². The summed E-state index contributed by atoms with van der Waals surface area (Å²) in [6.45, 7) is 2.53. The molecule has 0 saturated heterocycles.